The quantitative estimate of drug-likeness (QED) is 0.622. The summed E-state index contributed by atoms with van der Waals surface area (Å²) in [6.07, 6.45) is 0. The van der Waals surface area contributed by atoms with E-state index in [0.29, 0.717) is 5.69 Å². The van der Waals surface area contributed by atoms with E-state index in [0.717, 1.165) is 5.69 Å². The lowest BCUT2D eigenvalue weighted by Gasteiger charge is -1.96. The van der Waals surface area contributed by atoms with Crippen molar-refractivity contribution in [1.82, 2.24) is 9.78 Å². The largest absolute Gasteiger partial charge is 0.464 e. The summed E-state index contributed by atoms with van der Waals surface area (Å²) in [5.41, 5.74) is 1.29. The predicted molar refractivity (Wildman–Crippen MR) is 50.6 cm³/mol. The van der Waals surface area contributed by atoms with Gasteiger partial charge in [-0.1, -0.05) is 13.8 Å². The molecule has 74 valence electrons. The molecular weight excluding hydrogens is 168 g/mol. The molecule has 4 heteroatoms. The normalized spacial score (nSPS) is 8.69. The highest BCUT2D eigenvalue weighted by Gasteiger charge is 2.10. The van der Waals surface area contributed by atoms with Crippen molar-refractivity contribution >= 4 is 5.97 Å². The van der Waals surface area contributed by atoms with Gasteiger partial charge >= 0.3 is 5.97 Å². The highest BCUT2D eigenvalue weighted by molar-refractivity contribution is 5.87. The molecule has 0 bridgehead atoms. The molecule has 0 aliphatic carbocycles. The molecule has 0 aliphatic rings. The van der Waals surface area contributed by atoms with Crippen LogP contribution in [0.4, 0.5) is 0 Å². The van der Waals surface area contributed by atoms with Gasteiger partial charge < -0.3 is 4.74 Å². The summed E-state index contributed by atoms with van der Waals surface area (Å²) < 4.78 is 6.03. The fraction of sp³-hybridized carbons (Fsp3) is 0.556. The van der Waals surface area contributed by atoms with E-state index < -0.39 is 0 Å². The fourth-order valence-corrected chi connectivity index (χ4v) is 0.906. The van der Waals surface area contributed by atoms with Gasteiger partial charge in [-0.05, 0) is 13.0 Å². The fourth-order valence-electron chi connectivity index (χ4n) is 0.906. The second kappa shape index (κ2) is 5.35. The Morgan fingerprint density at radius 3 is 2.38 bits per heavy atom. The Morgan fingerprint density at radius 2 is 2.08 bits per heavy atom. The molecule has 1 rings (SSSR count). The van der Waals surface area contributed by atoms with Crippen molar-refractivity contribution in [3.63, 3.8) is 0 Å². The molecule has 0 saturated carbocycles. The Labute approximate surface area is 78.5 Å². The van der Waals surface area contributed by atoms with E-state index >= 15 is 0 Å². The smallest absolute Gasteiger partial charge is 0.356 e. The first-order valence-electron chi connectivity index (χ1n) is 4.24. The lowest BCUT2D eigenvalue weighted by Crippen LogP contribution is -2.07. The third-order valence-corrected chi connectivity index (χ3v) is 1.40. The Bertz CT molecular complexity index is 279. The number of ether oxygens (including phenoxy) is 1. The van der Waals surface area contributed by atoms with Crippen LogP contribution in [-0.2, 0) is 11.8 Å². The van der Waals surface area contributed by atoms with E-state index in [2.05, 4.69) is 9.84 Å². The van der Waals surface area contributed by atoms with Crippen LogP contribution in [0.3, 0.4) is 0 Å². The summed E-state index contributed by atoms with van der Waals surface area (Å²) in [5.74, 6) is -0.354. The average Bonchev–Trinajstić information content (AvgIpc) is 2.47. The molecule has 4 nitrogen and oxygen atoms in total. The minimum absolute atomic E-state index is 0.354. The van der Waals surface area contributed by atoms with Crippen LogP contribution < -0.4 is 0 Å². The number of hydrogen-bond donors (Lipinski definition) is 0. The molecule has 0 N–H and O–H groups in total. The number of aryl methyl sites for hydroxylation is 2. The maximum absolute atomic E-state index is 11.0. The van der Waals surface area contributed by atoms with Crippen LogP contribution in [-0.4, -0.2) is 22.9 Å². The SMILES string of the molecule is CC.COC(=O)c1cc(C)nn1C. The van der Waals surface area contributed by atoms with E-state index in [4.69, 9.17) is 0 Å². The van der Waals surface area contributed by atoms with Crippen molar-refractivity contribution in [2.45, 2.75) is 20.8 Å². The van der Waals surface area contributed by atoms with Crippen LogP contribution >= 0.6 is 0 Å². The molecule has 0 radical (unpaired) electrons. The molecule has 0 fully saturated rings. The van der Waals surface area contributed by atoms with Crippen LogP contribution in [0.15, 0.2) is 6.07 Å². The first-order valence-corrected chi connectivity index (χ1v) is 4.24. The summed E-state index contributed by atoms with van der Waals surface area (Å²) in [5, 5.41) is 4.00. The molecule has 1 aromatic heterocycles. The van der Waals surface area contributed by atoms with Crippen LogP contribution in [0.25, 0.3) is 0 Å². The molecule has 0 aromatic carbocycles. The van der Waals surface area contributed by atoms with Gasteiger partial charge in [0.05, 0.1) is 12.8 Å². The highest BCUT2D eigenvalue weighted by atomic mass is 16.5. The van der Waals surface area contributed by atoms with Gasteiger partial charge in [0, 0.05) is 7.05 Å². The van der Waals surface area contributed by atoms with Gasteiger partial charge in [0.1, 0.15) is 5.69 Å². The lowest BCUT2D eigenvalue weighted by atomic mass is 10.4. The molecule has 0 amide bonds. The molecule has 0 saturated heterocycles. The Morgan fingerprint density at radius 1 is 1.54 bits per heavy atom. The van der Waals surface area contributed by atoms with E-state index in [1.165, 1.54) is 11.8 Å². The first-order chi connectivity index (χ1) is 6.15. The number of esters is 1. The summed E-state index contributed by atoms with van der Waals surface area (Å²) in [6, 6.07) is 1.69. The van der Waals surface area contributed by atoms with Gasteiger partial charge in [-0.2, -0.15) is 5.10 Å². The zero-order chi connectivity index (χ0) is 10.4. The van der Waals surface area contributed by atoms with E-state index in [1.54, 1.807) is 13.1 Å². The number of carbonyl (C=O) groups is 1. The lowest BCUT2D eigenvalue weighted by molar-refractivity contribution is 0.0588. The minimum Gasteiger partial charge on any atom is -0.464 e. The van der Waals surface area contributed by atoms with Gasteiger partial charge in [0.2, 0.25) is 0 Å². The third kappa shape index (κ3) is 2.89. The van der Waals surface area contributed by atoms with Crippen molar-refractivity contribution in [2.24, 2.45) is 7.05 Å². The Kier molecular flexibility index (Phi) is 4.80. The minimum atomic E-state index is -0.354. The van der Waals surface area contributed by atoms with E-state index in [1.807, 2.05) is 20.8 Å². The van der Waals surface area contributed by atoms with E-state index in [-0.39, 0.29) is 5.97 Å². The number of methoxy groups -OCH3 is 1. The highest BCUT2D eigenvalue weighted by Crippen LogP contribution is 2.02. The van der Waals surface area contributed by atoms with Crippen molar-refractivity contribution < 1.29 is 9.53 Å². The third-order valence-electron chi connectivity index (χ3n) is 1.40. The number of hydrogen-bond acceptors (Lipinski definition) is 3. The number of rotatable bonds is 1. The predicted octanol–water partition coefficient (Wildman–Crippen LogP) is 1.54. The Balaban J connectivity index is 0.000000671. The van der Waals surface area contributed by atoms with Crippen molar-refractivity contribution in [2.75, 3.05) is 7.11 Å². The van der Waals surface area contributed by atoms with Crippen LogP contribution in [0.1, 0.15) is 30.0 Å². The van der Waals surface area contributed by atoms with Crippen molar-refractivity contribution in [1.29, 1.82) is 0 Å². The molecule has 0 unspecified atom stereocenters. The number of nitrogens with zero attached hydrogens (tertiary/aromatic N) is 2. The van der Waals surface area contributed by atoms with Gasteiger partial charge in [0.15, 0.2) is 0 Å². The van der Waals surface area contributed by atoms with Gasteiger partial charge in [-0.25, -0.2) is 4.79 Å². The number of aromatic nitrogens is 2. The monoisotopic (exact) mass is 184 g/mol. The molecule has 0 spiro atoms. The van der Waals surface area contributed by atoms with E-state index in [9.17, 15) is 4.79 Å². The summed E-state index contributed by atoms with van der Waals surface area (Å²) in [4.78, 5) is 11.0. The molecule has 1 aromatic rings. The maximum atomic E-state index is 11.0. The molecule has 13 heavy (non-hydrogen) atoms. The van der Waals surface area contributed by atoms with Crippen LogP contribution in [0.5, 0.6) is 0 Å². The van der Waals surface area contributed by atoms with Crippen molar-refractivity contribution in [3.05, 3.63) is 17.5 Å². The Hall–Kier alpha value is -1.32. The zero-order valence-electron chi connectivity index (χ0n) is 8.79. The maximum Gasteiger partial charge on any atom is 0.356 e. The molecule has 0 aliphatic heterocycles. The summed E-state index contributed by atoms with van der Waals surface area (Å²) in [7, 11) is 3.06. The van der Waals surface area contributed by atoms with Gasteiger partial charge in [0.25, 0.3) is 0 Å². The first kappa shape index (κ1) is 11.7. The second-order valence-corrected chi connectivity index (χ2v) is 2.29. The summed E-state index contributed by atoms with van der Waals surface area (Å²) >= 11 is 0. The van der Waals surface area contributed by atoms with Crippen LogP contribution in [0, 0.1) is 6.92 Å². The zero-order valence-corrected chi connectivity index (χ0v) is 8.79. The standard InChI is InChI=1S/C7H10N2O2.C2H6/c1-5-4-6(7(10)11-3)9(2)8-5;1-2/h4H,1-3H3;1-2H3. The number of carbonyl (C=O) groups excluding carboxylic acids is 1. The molecule has 0 atom stereocenters. The topological polar surface area (TPSA) is 44.1 Å². The second-order valence-electron chi connectivity index (χ2n) is 2.29. The average molecular weight is 184 g/mol. The van der Waals surface area contributed by atoms with Gasteiger partial charge in [-0.3, -0.25) is 4.68 Å². The summed E-state index contributed by atoms with van der Waals surface area (Å²) in [6.45, 7) is 5.83. The van der Waals surface area contributed by atoms with Crippen LogP contribution in [0.2, 0.25) is 0 Å². The molecule has 1 heterocycles. The van der Waals surface area contributed by atoms with Gasteiger partial charge in [-0.15, -0.1) is 0 Å². The molecular formula is C9H16N2O2. The van der Waals surface area contributed by atoms with Crippen molar-refractivity contribution in [3.8, 4) is 0 Å².